The molecule has 2 heteroatoms. The lowest BCUT2D eigenvalue weighted by atomic mass is 9.99. The van der Waals surface area contributed by atoms with Crippen LogP contribution in [-0.2, 0) is 4.79 Å². The molecule has 0 aromatic heterocycles. The van der Waals surface area contributed by atoms with Gasteiger partial charge in [0.1, 0.15) is 0 Å². The Kier molecular flexibility index (Phi) is 5.12. The van der Waals surface area contributed by atoms with Crippen molar-refractivity contribution in [2.45, 2.75) is 39.7 Å². The third-order valence-electron chi connectivity index (χ3n) is 1.50. The van der Waals surface area contributed by atoms with Crippen molar-refractivity contribution in [3.8, 4) is 0 Å². The van der Waals surface area contributed by atoms with Crippen LogP contribution in [0.3, 0.4) is 0 Å². The Morgan fingerprint density at radius 2 is 2.09 bits per heavy atom. The Bertz CT molecular complexity index is 121. The standard InChI is InChI=1S/C9H18NO/c1-4-5-9(11)8(10)6-7(2)3/h5,7-8H,4,6,10H2,1-3H3. The van der Waals surface area contributed by atoms with E-state index in [1.807, 2.05) is 6.92 Å². The number of nitrogens with two attached hydrogens (primary N) is 1. The summed E-state index contributed by atoms with van der Waals surface area (Å²) in [6.45, 7) is 6.08. The van der Waals surface area contributed by atoms with Crippen LogP contribution in [0.4, 0.5) is 0 Å². The van der Waals surface area contributed by atoms with Gasteiger partial charge in [0.2, 0.25) is 0 Å². The zero-order chi connectivity index (χ0) is 8.85. The van der Waals surface area contributed by atoms with Crippen LogP contribution in [0.1, 0.15) is 33.6 Å². The number of Topliss-reactive ketones (excluding diaryl/α,β-unsaturated/α-hetero) is 1. The molecule has 65 valence electrons. The van der Waals surface area contributed by atoms with Crippen molar-refractivity contribution in [3.05, 3.63) is 6.42 Å². The highest BCUT2D eigenvalue weighted by Gasteiger charge is 2.13. The van der Waals surface area contributed by atoms with Gasteiger partial charge in [-0.25, -0.2) is 0 Å². The predicted octanol–water partition coefficient (Wildman–Crippen LogP) is 1.54. The van der Waals surface area contributed by atoms with Gasteiger partial charge in [-0.3, -0.25) is 4.79 Å². The molecule has 0 bridgehead atoms. The van der Waals surface area contributed by atoms with Crippen LogP contribution in [0.2, 0.25) is 0 Å². The van der Waals surface area contributed by atoms with Gasteiger partial charge in [0.15, 0.2) is 5.78 Å². The maximum atomic E-state index is 11.1. The largest absolute Gasteiger partial charge is 0.321 e. The van der Waals surface area contributed by atoms with Crippen LogP contribution < -0.4 is 5.73 Å². The molecule has 1 atom stereocenters. The lowest BCUT2D eigenvalue weighted by Crippen LogP contribution is -2.31. The van der Waals surface area contributed by atoms with Gasteiger partial charge in [-0.05, 0) is 18.8 Å². The molecule has 0 amide bonds. The summed E-state index contributed by atoms with van der Waals surface area (Å²) in [4.78, 5) is 11.1. The molecule has 11 heavy (non-hydrogen) atoms. The SMILES string of the molecule is CC[CH]C(=O)C(N)CC(C)C. The molecular formula is C9H18NO. The molecular weight excluding hydrogens is 138 g/mol. The molecule has 0 aromatic carbocycles. The number of hydrogen-bond donors (Lipinski definition) is 1. The van der Waals surface area contributed by atoms with Crippen molar-refractivity contribution in [2.75, 3.05) is 0 Å². The average molecular weight is 156 g/mol. The first-order chi connectivity index (χ1) is 5.07. The van der Waals surface area contributed by atoms with Crippen LogP contribution in [0, 0.1) is 12.3 Å². The summed E-state index contributed by atoms with van der Waals surface area (Å²) in [6, 6.07) is -0.282. The maximum Gasteiger partial charge on any atom is 0.153 e. The first-order valence-corrected chi connectivity index (χ1v) is 4.20. The van der Waals surface area contributed by atoms with Gasteiger partial charge in [-0.1, -0.05) is 20.8 Å². The number of carbonyl (C=O) groups is 1. The minimum Gasteiger partial charge on any atom is -0.321 e. The highest BCUT2D eigenvalue weighted by Crippen LogP contribution is 2.05. The molecule has 1 radical (unpaired) electrons. The zero-order valence-corrected chi connectivity index (χ0v) is 7.63. The predicted molar refractivity (Wildman–Crippen MR) is 47.0 cm³/mol. The third kappa shape index (κ3) is 4.96. The fraction of sp³-hybridized carbons (Fsp3) is 0.778. The molecule has 0 heterocycles. The molecule has 0 aliphatic carbocycles. The van der Waals surface area contributed by atoms with E-state index in [1.54, 1.807) is 6.42 Å². The summed E-state index contributed by atoms with van der Waals surface area (Å²) in [5, 5.41) is 0. The lowest BCUT2D eigenvalue weighted by molar-refractivity contribution is -0.117. The summed E-state index contributed by atoms with van der Waals surface area (Å²) in [5.41, 5.74) is 5.62. The topological polar surface area (TPSA) is 43.1 Å². The molecule has 0 saturated carbocycles. The maximum absolute atomic E-state index is 11.1. The van der Waals surface area contributed by atoms with E-state index in [0.29, 0.717) is 5.92 Å². The number of carbonyl (C=O) groups excluding carboxylic acids is 1. The second-order valence-corrected chi connectivity index (χ2v) is 3.25. The fourth-order valence-electron chi connectivity index (χ4n) is 0.977. The number of hydrogen-bond acceptors (Lipinski definition) is 2. The summed E-state index contributed by atoms with van der Waals surface area (Å²) < 4.78 is 0. The first-order valence-electron chi connectivity index (χ1n) is 4.20. The van der Waals surface area contributed by atoms with Gasteiger partial charge in [0.05, 0.1) is 6.04 Å². The third-order valence-corrected chi connectivity index (χ3v) is 1.50. The van der Waals surface area contributed by atoms with Crippen molar-refractivity contribution < 1.29 is 4.79 Å². The smallest absolute Gasteiger partial charge is 0.153 e. The van der Waals surface area contributed by atoms with Crippen molar-refractivity contribution in [1.82, 2.24) is 0 Å². The monoisotopic (exact) mass is 156 g/mol. The van der Waals surface area contributed by atoms with Crippen LogP contribution >= 0.6 is 0 Å². The Morgan fingerprint density at radius 3 is 2.45 bits per heavy atom. The Morgan fingerprint density at radius 1 is 1.55 bits per heavy atom. The lowest BCUT2D eigenvalue weighted by Gasteiger charge is -2.11. The highest BCUT2D eigenvalue weighted by atomic mass is 16.1. The van der Waals surface area contributed by atoms with Gasteiger partial charge in [0, 0.05) is 6.42 Å². The number of ketones is 1. The van der Waals surface area contributed by atoms with Crippen molar-refractivity contribution in [3.63, 3.8) is 0 Å². The normalized spacial score (nSPS) is 13.5. The van der Waals surface area contributed by atoms with E-state index < -0.39 is 0 Å². The van der Waals surface area contributed by atoms with Gasteiger partial charge >= 0.3 is 0 Å². The van der Waals surface area contributed by atoms with Crippen molar-refractivity contribution >= 4 is 5.78 Å². The summed E-state index contributed by atoms with van der Waals surface area (Å²) >= 11 is 0. The zero-order valence-electron chi connectivity index (χ0n) is 7.63. The summed E-state index contributed by atoms with van der Waals surface area (Å²) in [7, 11) is 0. The first kappa shape index (κ1) is 10.6. The Labute approximate surface area is 69.2 Å². The quantitative estimate of drug-likeness (QED) is 0.656. The molecule has 0 aliphatic heterocycles. The summed E-state index contributed by atoms with van der Waals surface area (Å²) in [5.74, 6) is 0.584. The molecule has 0 fully saturated rings. The van der Waals surface area contributed by atoms with Crippen molar-refractivity contribution in [1.29, 1.82) is 0 Å². The van der Waals surface area contributed by atoms with Crippen LogP contribution in [-0.4, -0.2) is 11.8 Å². The Balaban J connectivity index is 3.64. The van der Waals surface area contributed by atoms with Crippen LogP contribution in [0.25, 0.3) is 0 Å². The molecule has 1 unspecified atom stereocenters. The number of rotatable bonds is 5. The van der Waals surface area contributed by atoms with Crippen LogP contribution in [0.15, 0.2) is 0 Å². The van der Waals surface area contributed by atoms with Gasteiger partial charge in [-0.2, -0.15) is 0 Å². The molecule has 0 spiro atoms. The van der Waals surface area contributed by atoms with E-state index in [0.717, 1.165) is 12.8 Å². The van der Waals surface area contributed by atoms with E-state index in [9.17, 15) is 4.79 Å². The van der Waals surface area contributed by atoms with Gasteiger partial charge in [0.25, 0.3) is 0 Å². The Hall–Kier alpha value is -0.370. The van der Waals surface area contributed by atoms with E-state index >= 15 is 0 Å². The fourth-order valence-corrected chi connectivity index (χ4v) is 0.977. The second-order valence-electron chi connectivity index (χ2n) is 3.25. The molecule has 0 rings (SSSR count). The molecule has 2 nitrogen and oxygen atoms in total. The molecule has 2 N–H and O–H groups in total. The van der Waals surface area contributed by atoms with Gasteiger partial charge in [-0.15, -0.1) is 0 Å². The van der Waals surface area contributed by atoms with E-state index in [-0.39, 0.29) is 11.8 Å². The second kappa shape index (κ2) is 5.30. The highest BCUT2D eigenvalue weighted by molar-refractivity contribution is 5.91. The van der Waals surface area contributed by atoms with E-state index in [4.69, 9.17) is 5.73 Å². The van der Waals surface area contributed by atoms with Crippen LogP contribution in [0.5, 0.6) is 0 Å². The minimum atomic E-state index is -0.282. The van der Waals surface area contributed by atoms with E-state index in [2.05, 4.69) is 13.8 Å². The molecule has 0 saturated heterocycles. The van der Waals surface area contributed by atoms with Crippen molar-refractivity contribution in [2.24, 2.45) is 11.7 Å². The average Bonchev–Trinajstić information content (AvgIpc) is 1.86. The van der Waals surface area contributed by atoms with E-state index in [1.165, 1.54) is 0 Å². The summed E-state index contributed by atoms with van der Waals surface area (Å²) in [6.07, 6.45) is 3.23. The molecule has 0 aromatic rings. The minimum absolute atomic E-state index is 0.0844. The molecule has 0 aliphatic rings. The van der Waals surface area contributed by atoms with Gasteiger partial charge < -0.3 is 5.73 Å².